The van der Waals surface area contributed by atoms with Crippen LogP contribution in [-0.4, -0.2) is 11.5 Å². The maximum absolute atomic E-state index is 4.30. The molecule has 0 aliphatic heterocycles. The molecule has 0 fully saturated rings. The number of nitrogens with one attached hydrogen (secondary N) is 1. The van der Waals surface area contributed by atoms with Crippen molar-refractivity contribution in [3.05, 3.63) is 64.8 Å². The van der Waals surface area contributed by atoms with Gasteiger partial charge < -0.3 is 5.32 Å². The van der Waals surface area contributed by atoms with Crippen LogP contribution >= 0.6 is 11.3 Å². The van der Waals surface area contributed by atoms with E-state index in [1.54, 1.807) is 0 Å². The van der Waals surface area contributed by atoms with Crippen molar-refractivity contribution in [3.8, 4) is 0 Å². The van der Waals surface area contributed by atoms with E-state index in [-0.39, 0.29) is 0 Å². The van der Waals surface area contributed by atoms with Crippen molar-refractivity contribution < 1.29 is 0 Å². The monoisotopic (exact) mass is 296 g/mol. The lowest BCUT2D eigenvalue weighted by Crippen LogP contribution is -2.23. The lowest BCUT2D eigenvalue weighted by atomic mass is 9.96. The van der Waals surface area contributed by atoms with Crippen LogP contribution in [0.2, 0.25) is 0 Å². The highest BCUT2D eigenvalue weighted by molar-refractivity contribution is 7.17. The Balaban J connectivity index is 1.94. The Kier molecular flexibility index (Phi) is 4.32. The van der Waals surface area contributed by atoms with Gasteiger partial charge in [0, 0.05) is 23.1 Å². The first-order chi connectivity index (χ1) is 10.3. The van der Waals surface area contributed by atoms with Crippen LogP contribution in [0.3, 0.4) is 0 Å². The molecule has 0 saturated heterocycles. The molecule has 2 aromatic heterocycles. The highest BCUT2D eigenvalue weighted by atomic mass is 32.1. The van der Waals surface area contributed by atoms with E-state index < -0.39 is 0 Å². The maximum Gasteiger partial charge on any atom is 0.0379 e. The van der Waals surface area contributed by atoms with E-state index in [1.807, 2.05) is 23.7 Å². The van der Waals surface area contributed by atoms with Gasteiger partial charge in [-0.3, -0.25) is 4.98 Å². The van der Waals surface area contributed by atoms with Crippen molar-refractivity contribution in [2.75, 3.05) is 6.54 Å². The number of pyridine rings is 1. The van der Waals surface area contributed by atoms with Crippen LogP contribution < -0.4 is 5.32 Å². The topological polar surface area (TPSA) is 24.9 Å². The summed E-state index contributed by atoms with van der Waals surface area (Å²) >= 11 is 1.83. The van der Waals surface area contributed by atoms with Gasteiger partial charge in [-0.25, -0.2) is 0 Å². The molecule has 3 heteroatoms. The quantitative estimate of drug-likeness (QED) is 0.750. The van der Waals surface area contributed by atoms with E-state index in [2.05, 4.69) is 59.9 Å². The average molecular weight is 296 g/mol. The largest absolute Gasteiger partial charge is 0.310 e. The third kappa shape index (κ3) is 2.99. The lowest BCUT2D eigenvalue weighted by molar-refractivity contribution is 0.547. The highest BCUT2D eigenvalue weighted by Crippen LogP contribution is 2.30. The van der Waals surface area contributed by atoms with Gasteiger partial charge in [-0.1, -0.05) is 25.1 Å². The summed E-state index contributed by atoms with van der Waals surface area (Å²) in [5.41, 5.74) is 4.02. The first-order valence-electron chi connectivity index (χ1n) is 7.38. The zero-order valence-electron chi connectivity index (χ0n) is 12.5. The number of rotatable bonds is 5. The molecule has 0 saturated carbocycles. The number of likely N-dealkylation sites (N-methyl/N-ethyl adjacent to an activating group) is 1. The standard InChI is InChI=1S/C18H20N2S/c1-3-20-17(16-11-19-9-8-13(16)2)10-14-12-21-18-7-5-4-6-15(14)18/h4-9,11-12,17,20H,3,10H2,1-2H3. The van der Waals surface area contributed by atoms with Crippen molar-refractivity contribution in [2.24, 2.45) is 0 Å². The van der Waals surface area contributed by atoms with Gasteiger partial charge in [-0.2, -0.15) is 0 Å². The Hall–Kier alpha value is -1.71. The smallest absolute Gasteiger partial charge is 0.0379 e. The summed E-state index contributed by atoms with van der Waals surface area (Å²) in [4.78, 5) is 4.30. The minimum Gasteiger partial charge on any atom is -0.310 e. The fraction of sp³-hybridized carbons (Fsp3) is 0.278. The summed E-state index contributed by atoms with van der Waals surface area (Å²) < 4.78 is 1.37. The van der Waals surface area contributed by atoms with Gasteiger partial charge >= 0.3 is 0 Å². The van der Waals surface area contributed by atoms with Gasteiger partial charge in [-0.15, -0.1) is 11.3 Å². The van der Waals surface area contributed by atoms with Crippen molar-refractivity contribution >= 4 is 21.4 Å². The molecule has 0 aliphatic rings. The fourth-order valence-corrected chi connectivity index (χ4v) is 3.77. The molecule has 3 aromatic rings. The molecule has 3 rings (SSSR count). The molecule has 2 heterocycles. The van der Waals surface area contributed by atoms with Crippen molar-refractivity contribution in [1.82, 2.24) is 10.3 Å². The number of fused-ring (bicyclic) bond motifs is 1. The summed E-state index contributed by atoms with van der Waals surface area (Å²) in [5.74, 6) is 0. The van der Waals surface area contributed by atoms with Gasteiger partial charge in [0.05, 0.1) is 0 Å². The second kappa shape index (κ2) is 6.37. The summed E-state index contributed by atoms with van der Waals surface area (Å²) in [6.45, 7) is 5.28. The Morgan fingerprint density at radius 3 is 2.90 bits per heavy atom. The molecule has 1 N–H and O–H groups in total. The zero-order valence-corrected chi connectivity index (χ0v) is 13.3. The second-order valence-electron chi connectivity index (χ2n) is 5.30. The normalized spacial score (nSPS) is 12.7. The Bertz CT molecular complexity index is 733. The average Bonchev–Trinajstić information content (AvgIpc) is 2.91. The van der Waals surface area contributed by atoms with Gasteiger partial charge in [-0.05, 0) is 59.5 Å². The number of thiophene rings is 1. The summed E-state index contributed by atoms with van der Waals surface area (Å²) in [6.07, 6.45) is 4.86. The summed E-state index contributed by atoms with van der Waals surface area (Å²) in [5, 5.41) is 7.28. The molecule has 0 amide bonds. The van der Waals surface area contributed by atoms with Crippen LogP contribution in [0.25, 0.3) is 10.1 Å². The molecular weight excluding hydrogens is 276 g/mol. The van der Waals surface area contributed by atoms with E-state index >= 15 is 0 Å². The van der Waals surface area contributed by atoms with E-state index in [9.17, 15) is 0 Å². The van der Waals surface area contributed by atoms with Gasteiger partial charge in [0.1, 0.15) is 0 Å². The minimum atomic E-state index is 0.321. The van der Waals surface area contributed by atoms with Crippen LogP contribution in [-0.2, 0) is 6.42 Å². The molecule has 108 valence electrons. The summed E-state index contributed by atoms with van der Waals surface area (Å²) in [6, 6.07) is 11.1. The fourth-order valence-electron chi connectivity index (χ4n) is 2.79. The lowest BCUT2D eigenvalue weighted by Gasteiger charge is -2.19. The molecule has 1 atom stereocenters. The Morgan fingerprint density at radius 1 is 1.24 bits per heavy atom. The number of aromatic nitrogens is 1. The van der Waals surface area contributed by atoms with Crippen LogP contribution in [0.4, 0.5) is 0 Å². The van der Waals surface area contributed by atoms with Crippen LogP contribution in [0.1, 0.15) is 29.7 Å². The third-order valence-electron chi connectivity index (χ3n) is 3.89. The number of hydrogen-bond donors (Lipinski definition) is 1. The maximum atomic E-state index is 4.30. The molecule has 0 aliphatic carbocycles. The number of benzene rings is 1. The SMILES string of the molecule is CCNC(Cc1csc2ccccc12)c1cnccc1C. The predicted octanol–water partition coefficient (Wildman–Crippen LogP) is 4.50. The molecule has 1 aromatic carbocycles. The number of aryl methyl sites for hydroxylation is 1. The van der Waals surface area contributed by atoms with Gasteiger partial charge in [0.15, 0.2) is 0 Å². The molecule has 1 unspecified atom stereocenters. The molecule has 0 radical (unpaired) electrons. The number of nitrogens with zero attached hydrogens (tertiary/aromatic N) is 1. The van der Waals surface area contributed by atoms with Crippen LogP contribution in [0.15, 0.2) is 48.1 Å². The van der Waals surface area contributed by atoms with Crippen molar-refractivity contribution in [2.45, 2.75) is 26.3 Å². The molecule has 0 spiro atoms. The van der Waals surface area contributed by atoms with Crippen molar-refractivity contribution in [3.63, 3.8) is 0 Å². The van der Waals surface area contributed by atoms with Crippen LogP contribution in [0, 0.1) is 6.92 Å². The Morgan fingerprint density at radius 2 is 2.10 bits per heavy atom. The first-order valence-corrected chi connectivity index (χ1v) is 8.26. The highest BCUT2D eigenvalue weighted by Gasteiger charge is 2.15. The summed E-state index contributed by atoms with van der Waals surface area (Å²) in [7, 11) is 0. The molecule has 2 nitrogen and oxygen atoms in total. The number of hydrogen-bond acceptors (Lipinski definition) is 3. The first kappa shape index (κ1) is 14.2. The van der Waals surface area contributed by atoms with Crippen LogP contribution in [0.5, 0.6) is 0 Å². The Labute approximate surface area is 129 Å². The van der Waals surface area contributed by atoms with E-state index in [4.69, 9.17) is 0 Å². The molecule has 0 bridgehead atoms. The van der Waals surface area contributed by atoms with Gasteiger partial charge in [0.25, 0.3) is 0 Å². The molecular formula is C18H20N2S. The van der Waals surface area contributed by atoms with E-state index in [0.717, 1.165) is 13.0 Å². The minimum absolute atomic E-state index is 0.321. The molecule has 21 heavy (non-hydrogen) atoms. The zero-order chi connectivity index (χ0) is 14.7. The van der Waals surface area contributed by atoms with Gasteiger partial charge in [0.2, 0.25) is 0 Å². The predicted molar refractivity (Wildman–Crippen MR) is 90.9 cm³/mol. The second-order valence-corrected chi connectivity index (χ2v) is 6.21. The third-order valence-corrected chi connectivity index (χ3v) is 4.90. The van der Waals surface area contributed by atoms with E-state index in [0.29, 0.717) is 6.04 Å². The van der Waals surface area contributed by atoms with Crippen molar-refractivity contribution in [1.29, 1.82) is 0 Å². The van der Waals surface area contributed by atoms with E-state index in [1.165, 1.54) is 26.8 Å².